The first kappa shape index (κ1) is 11.9. The van der Waals surface area contributed by atoms with Crippen LogP contribution in [-0.4, -0.2) is 15.5 Å². The Morgan fingerprint density at radius 2 is 2.13 bits per heavy atom. The smallest absolute Gasteiger partial charge is 0.298 e. The molecule has 4 N–H and O–H groups in total. The third-order valence-electron chi connectivity index (χ3n) is 1.79. The lowest BCUT2D eigenvalue weighted by molar-refractivity contribution is 0.593. The van der Waals surface area contributed by atoms with E-state index in [1.54, 1.807) is 0 Å². The Morgan fingerprint density at radius 3 is 2.67 bits per heavy atom. The third kappa shape index (κ3) is 3.15. The van der Waals surface area contributed by atoms with Crippen LogP contribution in [-0.2, 0) is 16.8 Å². The Bertz CT molecular complexity index is 447. The van der Waals surface area contributed by atoms with Crippen LogP contribution in [0.4, 0.5) is 10.1 Å². The molecule has 0 fully saturated rings. The van der Waals surface area contributed by atoms with E-state index in [1.165, 1.54) is 19.2 Å². The first-order valence-corrected chi connectivity index (χ1v) is 5.66. The molecular weight excluding hydrogens is 221 g/mol. The van der Waals surface area contributed by atoms with Crippen LogP contribution in [0.5, 0.6) is 0 Å². The second kappa shape index (κ2) is 4.56. The van der Waals surface area contributed by atoms with Crippen LogP contribution in [0, 0.1) is 5.82 Å². The van der Waals surface area contributed by atoms with Crippen LogP contribution in [0.15, 0.2) is 18.2 Å². The van der Waals surface area contributed by atoms with Gasteiger partial charge in [0, 0.05) is 19.2 Å². The number of rotatable bonds is 4. The van der Waals surface area contributed by atoms with E-state index in [4.69, 9.17) is 5.73 Å². The van der Waals surface area contributed by atoms with Gasteiger partial charge in [-0.3, -0.25) is 4.72 Å². The molecule has 0 saturated heterocycles. The van der Waals surface area contributed by atoms with Gasteiger partial charge in [0.25, 0.3) is 10.2 Å². The van der Waals surface area contributed by atoms with Crippen molar-refractivity contribution in [3.63, 3.8) is 0 Å². The highest BCUT2D eigenvalue weighted by Gasteiger charge is 2.08. The molecule has 0 saturated carbocycles. The molecule has 0 aliphatic carbocycles. The van der Waals surface area contributed by atoms with Gasteiger partial charge in [0.1, 0.15) is 5.82 Å². The van der Waals surface area contributed by atoms with Gasteiger partial charge in [-0.25, -0.2) is 9.11 Å². The Labute approximate surface area is 87.7 Å². The standard InChI is InChI=1S/C8H12FN3O2S/c1-11-15(13,14)12-7-2-3-8(9)6(4-7)5-10/h2-4,11-12H,5,10H2,1H3. The predicted octanol–water partition coefficient (Wildman–Crippen LogP) is 0.160. The highest BCUT2D eigenvalue weighted by molar-refractivity contribution is 7.90. The summed E-state index contributed by atoms with van der Waals surface area (Å²) in [6, 6.07) is 3.84. The number of hydrogen-bond donors (Lipinski definition) is 3. The lowest BCUT2D eigenvalue weighted by Crippen LogP contribution is -2.26. The van der Waals surface area contributed by atoms with E-state index in [0.717, 1.165) is 6.07 Å². The molecule has 0 radical (unpaired) electrons. The third-order valence-corrected chi connectivity index (χ3v) is 2.83. The van der Waals surface area contributed by atoms with Gasteiger partial charge in [-0.1, -0.05) is 0 Å². The monoisotopic (exact) mass is 233 g/mol. The quantitative estimate of drug-likeness (QED) is 0.692. The molecule has 0 atom stereocenters. The Morgan fingerprint density at radius 1 is 1.47 bits per heavy atom. The molecule has 1 aromatic carbocycles. The first-order chi connectivity index (χ1) is 6.98. The lowest BCUT2D eigenvalue weighted by atomic mass is 10.2. The van der Waals surface area contributed by atoms with E-state index in [-0.39, 0.29) is 17.8 Å². The van der Waals surface area contributed by atoms with Crippen molar-refractivity contribution in [3.05, 3.63) is 29.6 Å². The van der Waals surface area contributed by atoms with Gasteiger partial charge >= 0.3 is 0 Å². The van der Waals surface area contributed by atoms with E-state index in [0.29, 0.717) is 0 Å². The SMILES string of the molecule is CNS(=O)(=O)Nc1ccc(F)c(CN)c1. The summed E-state index contributed by atoms with van der Waals surface area (Å²) < 4.78 is 39.5. The van der Waals surface area contributed by atoms with Crippen LogP contribution in [0.25, 0.3) is 0 Å². The highest BCUT2D eigenvalue weighted by Crippen LogP contribution is 2.14. The zero-order chi connectivity index (χ0) is 11.5. The molecule has 0 aliphatic rings. The number of halogens is 1. The van der Waals surface area contributed by atoms with Crippen LogP contribution >= 0.6 is 0 Å². The van der Waals surface area contributed by atoms with Gasteiger partial charge in [0.15, 0.2) is 0 Å². The molecule has 1 aromatic rings. The Kier molecular flexibility index (Phi) is 3.61. The average molecular weight is 233 g/mol. The lowest BCUT2D eigenvalue weighted by Gasteiger charge is -2.08. The van der Waals surface area contributed by atoms with E-state index < -0.39 is 16.0 Å². The molecule has 15 heavy (non-hydrogen) atoms. The van der Waals surface area contributed by atoms with Gasteiger partial charge in [-0.15, -0.1) is 0 Å². The summed E-state index contributed by atoms with van der Waals surface area (Å²) in [6.07, 6.45) is 0. The minimum absolute atomic E-state index is 0.0148. The minimum atomic E-state index is -3.57. The maximum Gasteiger partial charge on any atom is 0.298 e. The van der Waals surface area contributed by atoms with Crippen molar-refractivity contribution in [1.82, 2.24) is 4.72 Å². The summed E-state index contributed by atoms with van der Waals surface area (Å²) >= 11 is 0. The topological polar surface area (TPSA) is 84.2 Å². The number of hydrogen-bond acceptors (Lipinski definition) is 3. The zero-order valence-electron chi connectivity index (χ0n) is 8.12. The molecule has 7 heteroatoms. The summed E-state index contributed by atoms with van der Waals surface area (Å²) in [4.78, 5) is 0. The maximum atomic E-state index is 13.0. The van der Waals surface area contributed by atoms with Crippen molar-refractivity contribution >= 4 is 15.9 Å². The minimum Gasteiger partial charge on any atom is -0.326 e. The summed E-state index contributed by atoms with van der Waals surface area (Å²) in [7, 11) is -2.30. The molecule has 0 aliphatic heterocycles. The van der Waals surface area contributed by atoms with Gasteiger partial charge in [-0.05, 0) is 18.2 Å². The molecule has 84 valence electrons. The fourth-order valence-electron chi connectivity index (χ4n) is 1.00. The Balaban J connectivity index is 2.98. The van der Waals surface area contributed by atoms with Crippen molar-refractivity contribution in [2.24, 2.45) is 5.73 Å². The van der Waals surface area contributed by atoms with Crippen molar-refractivity contribution in [2.75, 3.05) is 11.8 Å². The molecule has 0 spiro atoms. The van der Waals surface area contributed by atoms with Gasteiger partial charge in [0.2, 0.25) is 0 Å². The average Bonchev–Trinajstić information content (AvgIpc) is 2.20. The molecule has 0 heterocycles. The second-order valence-electron chi connectivity index (χ2n) is 2.82. The molecule has 0 amide bonds. The predicted molar refractivity (Wildman–Crippen MR) is 55.9 cm³/mol. The molecular formula is C8H12FN3O2S. The van der Waals surface area contributed by atoms with Crippen molar-refractivity contribution < 1.29 is 12.8 Å². The molecule has 0 aromatic heterocycles. The van der Waals surface area contributed by atoms with Gasteiger partial charge < -0.3 is 5.73 Å². The van der Waals surface area contributed by atoms with Crippen LogP contribution < -0.4 is 15.2 Å². The van der Waals surface area contributed by atoms with Crippen LogP contribution in [0.3, 0.4) is 0 Å². The van der Waals surface area contributed by atoms with Crippen molar-refractivity contribution in [3.8, 4) is 0 Å². The molecule has 1 rings (SSSR count). The van der Waals surface area contributed by atoms with Crippen LogP contribution in [0.2, 0.25) is 0 Å². The number of nitrogens with one attached hydrogen (secondary N) is 2. The number of benzene rings is 1. The van der Waals surface area contributed by atoms with E-state index >= 15 is 0 Å². The van der Waals surface area contributed by atoms with E-state index in [1.807, 2.05) is 0 Å². The number of anilines is 1. The summed E-state index contributed by atoms with van der Waals surface area (Å²) in [6.45, 7) is 0.0148. The van der Waals surface area contributed by atoms with Crippen molar-refractivity contribution in [2.45, 2.75) is 6.54 Å². The Hall–Kier alpha value is -1.18. The molecule has 0 bridgehead atoms. The second-order valence-corrected chi connectivity index (χ2v) is 4.44. The van der Waals surface area contributed by atoms with E-state index in [9.17, 15) is 12.8 Å². The summed E-state index contributed by atoms with van der Waals surface area (Å²) in [5, 5.41) is 0. The molecule has 0 unspecified atom stereocenters. The van der Waals surface area contributed by atoms with Crippen LogP contribution in [0.1, 0.15) is 5.56 Å². The van der Waals surface area contributed by atoms with Gasteiger partial charge in [0.05, 0.1) is 5.69 Å². The first-order valence-electron chi connectivity index (χ1n) is 4.18. The normalized spacial score (nSPS) is 11.4. The van der Waals surface area contributed by atoms with Crippen molar-refractivity contribution in [1.29, 1.82) is 0 Å². The largest absolute Gasteiger partial charge is 0.326 e. The highest BCUT2D eigenvalue weighted by atomic mass is 32.2. The summed E-state index contributed by atoms with van der Waals surface area (Å²) in [5.74, 6) is -0.454. The van der Waals surface area contributed by atoms with E-state index in [2.05, 4.69) is 9.44 Å². The fraction of sp³-hybridized carbons (Fsp3) is 0.250. The molecule has 5 nitrogen and oxygen atoms in total. The fourth-order valence-corrected chi connectivity index (χ4v) is 1.54. The number of nitrogens with two attached hydrogens (primary N) is 1. The maximum absolute atomic E-state index is 13.0. The zero-order valence-corrected chi connectivity index (χ0v) is 8.94. The van der Waals surface area contributed by atoms with Gasteiger partial charge in [-0.2, -0.15) is 8.42 Å². The summed E-state index contributed by atoms with van der Waals surface area (Å²) in [5.41, 5.74) is 5.81.